The molecule has 0 aliphatic carbocycles. The minimum atomic E-state index is -0.484. The molecule has 0 radical (unpaired) electrons. The first-order valence-electron chi connectivity index (χ1n) is 6.13. The molecule has 2 rings (SSSR count). The molecular formula is C13H18ClFN2O3. The fourth-order valence-electron chi connectivity index (χ4n) is 1.90. The molecule has 1 saturated heterocycles. The average molecular weight is 305 g/mol. The second-order valence-corrected chi connectivity index (χ2v) is 4.32. The monoisotopic (exact) mass is 304 g/mol. The highest BCUT2D eigenvalue weighted by molar-refractivity contribution is 5.91. The molecule has 5 nitrogen and oxygen atoms in total. The zero-order chi connectivity index (χ0) is 13.7. The average Bonchev–Trinajstić information content (AvgIpc) is 2.42. The van der Waals surface area contributed by atoms with Crippen LogP contribution in [0.3, 0.4) is 0 Å². The van der Waals surface area contributed by atoms with E-state index < -0.39 is 5.82 Å². The van der Waals surface area contributed by atoms with Gasteiger partial charge in [0.2, 0.25) is 5.91 Å². The first-order valence-corrected chi connectivity index (χ1v) is 6.13. The van der Waals surface area contributed by atoms with Crippen molar-refractivity contribution in [2.75, 3.05) is 32.2 Å². The number of nitrogens with one attached hydrogen (secondary N) is 2. The van der Waals surface area contributed by atoms with Crippen LogP contribution in [0.15, 0.2) is 18.2 Å². The number of methoxy groups -OCH3 is 1. The second kappa shape index (κ2) is 8.04. The van der Waals surface area contributed by atoms with Crippen LogP contribution in [0.5, 0.6) is 5.75 Å². The molecule has 112 valence electrons. The topological polar surface area (TPSA) is 59.6 Å². The Labute approximate surface area is 123 Å². The number of rotatable bonds is 4. The molecule has 0 bridgehead atoms. The first kappa shape index (κ1) is 16.7. The van der Waals surface area contributed by atoms with Gasteiger partial charge in [-0.1, -0.05) is 0 Å². The lowest BCUT2D eigenvalue weighted by Gasteiger charge is -2.23. The summed E-state index contributed by atoms with van der Waals surface area (Å²) >= 11 is 0. The van der Waals surface area contributed by atoms with E-state index in [0.717, 1.165) is 6.54 Å². The number of carbonyl (C=O) groups excluding carboxylic acids is 1. The Balaban J connectivity index is 0.00000200. The number of benzene rings is 1. The van der Waals surface area contributed by atoms with E-state index in [4.69, 9.17) is 9.47 Å². The fourth-order valence-corrected chi connectivity index (χ4v) is 1.90. The smallest absolute Gasteiger partial charge is 0.226 e. The van der Waals surface area contributed by atoms with Gasteiger partial charge in [0, 0.05) is 25.1 Å². The summed E-state index contributed by atoms with van der Waals surface area (Å²) in [6, 6.07) is 4.19. The van der Waals surface area contributed by atoms with Crippen molar-refractivity contribution >= 4 is 24.0 Å². The largest absolute Gasteiger partial charge is 0.497 e. The van der Waals surface area contributed by atoms with Crippen molar-refractivity contribution in [1.82, 2.24) is 5.32 Å². The number of morpholine rings is 1. The molecule has 20 heavy (non-hydrogen) atoms. The van der Waals surface area contributed by atoms with Gasteiger partial charge in [0.1, 0.15) is 11.6 Å². The molecule has 0 saturated carbocycles. The minimum absolute atomic E-state index is 0. The molecular weight excluding hydrogens is 287 g/mol. The van der Waals surface area contributed by atoms with Gasteiger partial charge in [0.05, 0.1) is 26.0 Å². The molecule has 2 N–H and O–H groups in total. The summed E-state index contributed by atoms with van der Waals surface area (Å²) in [6.45, 7) is 1.88. The third kappa shape index (κ3) is 4.63. The highest BCUT2D eigenvalue weighted by atomic mass is 35.5. The molecule has 1 aliphatic rings. The fraction of sp³-hybridized carbons (Fsp3) is 0.462. The Morgan fingerprint density at radius 1 is 1.60 bits per heavy atom. The molecule has 1 fully saturated rings. The number of halogens is 2. The molecule has 0 aromatic heterocycles. The maximum absolute atomic E-state index is 13.5. The zero-order valence-electron chi connectivity index (χ0n) is 11.1. The molecule has 7 heteroatoms. The molecule has 1 atom stereocenters. The Hall–Kier alpha value is -1.37. The zero-order valence-corrected chi connectivity index (χ0v) is 12.0. The normalized spacial score (nSPS) is 18.0. The lowest BCUT2D eigenvalue weighted by Crippen LogP contribution is -2.43. The van der Waals surface area contributed by atoms with Crippen molar-refractivity contribution in [3.63, 3.8) is 0 Å². The van der Waals surface area contributed by atoms with E-state index in [1.54, 1.807) is 0 Å². The highest BCUT2D eigenvalue weighted by Crippen LogP contribution is 2.21. The molecule has 1 aromatic carbocycles. The van der Waals surface area contributed by atoms with E-state index in [9.17, 15) is 9.18 Å². The van der Waals surface area contributed by atoms with Gasteiger partial charge in [-0.05, 0) is 12.1 Å². The lowest BCUT2D eigenvalue weighted by atomic mass is 10.2. The summed E-state index contributed by atoms with van der Waals surface area (Å²) in [7, 11) is 1.49. The Kier molecular flexibility index (Phi) is 6.70. The maximum Gasteiger partial charge on any atom is 0.226 e. The van der Waals surface area contributed by atoms with Gasteiger partial charge in [-0.25, -0.2) is 4.39 Å². The highest BCUT2D eigenvalue weighted by Gasteiger charge is 2.17. The van der Waals surface area contributed by atoms with Gasteiger partial charge in [0.25, 0.3) is 0 Å². The van der Waals surface area contributed by atoms with Crippen LogP contribution in [0.4, 0.5) is 10.1 Å². The predicted octanol–water partition coefficient (Wildman–Crippen LogP) is 1.57. The van der Waals surface area contributed by atoms with Crippen LogP contribution in [0.25, 0.3) is 0 Å². The third-order valence-electron chi connectivity index (χ3n) is 2.88. The van der Waals surface area contributed by atoms with Crippen LogP contribution >= 0.6 is 12.4 Å². The van der Waals surface area contributed by atoms with Gasteiger partial charge in [-0.3, -0.25) is 4.79 Å². The van der Waals surface area contributed by atoms with E-state index in [0.29, 0.717) is 19.0 Å². The molecule has 1 aromatic rings. The van der Waals surface area contributed by atoms with E-state index >= 15 is 0 Å². The molecule has 1 heterocycles. The maximum atomic E-state index is 13.5. The van der Waals surface area contributed by atoms with Crippen molar-refractivity contribution in [2.24, 2.45) is 0 Å². The molecule has 1 unspecified atom stereocenters. The van der Waals surface area contributed by atoms with Gasteiger partial charge in [0.15, 0.2) is 0 Å². The molecule has 1 aliphatic heterocycles. The van der Waals surface area contributed by atoms with Crippen LogP contribution in [0.2, 0.25) is 0 Å². The van der Waals surface area contributed by atoms with Crippen LogP contribution in [0, 0.1) is 5.82 Å². The van der Waals surface area contributed by atoms with Crippen molar-refractivity contribution in [1.29, 1.82) is 0 Å². The number of amides is 1. The molecule has 1 amide bonds. The SMILES string of the molecule is COc1ccc(F)c(NC(=O)CC2COCCN2)c1.Cl. The van der Waals surface area contributed by atoms with Gasteiger partial charge in [-0.2, -0.15) is 0 Å². The minimum Gasteiger partial charge on any atom is -0.497 e. The van der Waals surface area contributed by atoms with Gasteiger partial charge in [-0.15, -0.1) is 12.4 Å². The first-order chi connectivity index (χ1) is 9.19. The summed E-state index contributed by atoms with van der Waals surface area (Å²) in [5.41, 5.74) is 0.126. The van der Waals surface area contributed by atoms with E-state index in [1.807, 2.05) is 0 Å². The Bertz CT molecular complexity index is 453. The van der Waals surface area contributed by atoms with Crippen molar-refractivity contribution in [3.05, 3.63) is 24.0 Å². The van der Waals surface area contributed by atoms with Crippen LogP contribution in [-0.4, -0.2) is 38.8 Å². The summed E-state index contributed by atoms with van der Waals surface area (Å²) in [5.74, 6) is -0.243. The Morgan fingerprint density at radius 2 is 2.40 bits per heavy atom. The molecule has 0 spiro atoms. The van der Waals surface area contributed by atoms with Crippen LogP contribution < -0.4 is 15.4 Å². The summed E-state index contributed by atoms with van der Waals surface area (Å²) in [5, 5.41) is 5.71. The van der Waals surface area contributed by atoms with Crippen LogP contribution in [0.1, 0.15) is 6.42 Å². The third-order valence-corrected chi connectivity index (χ3v) is 2.88. The van der Waals surface area contributed by atoms with E-state index in [1.165, 1.54) is 25.3 Å². The van der Waals surface area contributed by atoms with Crippen molar-refractivity contribution in [3.8, 4) is 5.75 Å². The van der Waals surface area contributed by atoms with Gasteiger partial charge >= 0.3 is 0 Å². The van der Waals surface area contributed by atoms with E-state index in [-0.39, 0.29) is 36.5 Å². The standard InChI is InChI=1S/C13H17FN2O3.ClH/c1-18-10-2-3-11(14)12(7-10)16-13(17)6-9-8-19-5-4-15-9;/h2-3,7,9,15H,4-6,8H2,1H3,(H,16,17);1H. The number of ether oxygens (including phenoxy) is 2. The van der Waals surface area contributed by atoms with Crippen LogP contribution in [-0.2, 0) is 9.53 Å². The summed E-state index contributed by atoms with van der Waals surface area (Å²) in [6.07, 6.45) is 0.247. The van der Waals surface area contributed by atoms with Gasteiger partial charge < -0.3 is 20.1 Å². The quantitative estimate of drug-likeness (QED) is 0.886. The van der Waals surface area contributed by atoms with Crippen molar-refractivity contribution in [2.45, 2.75) is 12.5 Å². The lowest BCUT2D eigenvalue weighted by molar-refractivity contribution is -0.117. The van der Waals surface area contributed by atoms with Crippen molar-refractivity contribution < 1.29 is 18.7 Å². The number of carbonyl (C=O) groups is 1. The Morgan fingerprint density at radius 3 is 3.05 bits per heavy atom. The number of hydrogen-bond donors (Lipinski definition) is 2. The summed E-state index contributed by atoms with van der Waals surface area (Å²) in [4.78, 5) is 11.8. The van der Waals surface area contributed by atoms with E-state index in [2.05, 4.69) is 10.6 Å². The number of anilines is 1. The number of hydrogen-bond acceptors (Lipinski definition) is 4. The predicted molar refractivity (Wildman–Crippen MR) is 76.1 cm³/mol. The second-order valence-electron chi connectivity index (χ2n) is 4.32. The summed E-state index contributed by atoms with van der Waals surface area (Å²) < 4.78 is 23.8.